The van der Waals surface area contributed by atoms with Crippen LogP contribution in [0.4, 0.5) is 5.13 Å². The van der Waals surface area contributed by atoms with Gasteiger partial charge in [-0.1, -0.05) is 11.3 Å². The number of carbonyl (C=O) groups is 1. The van der Waals surface area contributed by atoms with E-state index < -0.39 is 5.60 Å². The highest BCUT2D eigenvalue weighted by molar-refractivity contribution is 7.16. The van der Waals surface area contributed by atoms with E-state index in [0.717, 1.165) is 18.5 Å². The van der Waals surface area contributed by atoms with Gasteiger partial charge in [-0.15, -0.1) is 0 Å². The Kier molecular flexibility index (Phi) is 5.49. The molecule has 0 spiro atoms. The van der Waals surface area contributed by atoms with Crippen molar-refractivity contribution >= 4 is 22.4 Å². The molecule has 29 heavy (non-hydrogen) atoms. The van der Waals surface area contributed by atoms with Crippen LogP contribution in [0.15, 0.2) is 41.1 Å². The van der Waals surface area contributed by atoms with Crippen molar-refractivity contribution in [2.75, 3.05) is 18.5 Å². The molecule has 1 atom stereocenters. The number of aryl methyl sites for hydroxylation is 1. The van der Waals surface area contributed by atoms with Gasteiger partial charge in [0.15, 0.2) is 10.9 Å². The Hall–Kier alpha value is -2.55. The summed E-state index contributed by atoms with van der Waals surface area (Å²) in [6, 6.07) is 7.08. The third-order valence-corrected chi connectivity index (χ3v) is 6.45. The summed E-state index contributed by atoms with van der Waals surface area (Å²) in [5.74, 6) is 0.297. The number of rotatable bonds is 5. The molecule has 0 aliphatic carbocycles. The summed E-state index contributed by atoms with van der Waals surface area (Å²) in [5.41, 5.74) is 0.723. The second-order valence-corrected chi connectivity index (χ2v) is 8.35. The molecule has 1 unspecified atom stereocenters. The summed E-state index contributed by atoms with van der Waals surface area (Å²) < 4.78 is 11.0. The zero-order valence-corrected chi connectivity index (χ0v) is 17.2. The maximum absolute atomic E-state index is 12.6. The van der Waals surface area contributed by atoms with Gasteiger partial charge in [-0.25, -0.2) is 4.98 Å². The number of aromatic nitrogens is 2. The van der Waals surface area contributed by atoms with Crippen molar-refractivity contribution in [2.24, 2.45) is 5.92 Å². The fourth-order valence-electron chi connectivity index (χ4n) is 3.51. The SMILES string of the molecule is Cc1ccc(C(=O)Nc2nc(-c3ccco3)c(C(C)(O)C3CCOCC3)s2)cn1. The third kappa shape index (κ3) is 4.10. The van der Waals surface area contributed by atoms with Crippen LogP contribution < -0.4 is 5.32 Å². The summed E-state index contributed by atoms with van der Waals surface area (Å²) in [6.07, 6.45) is 4.63. The van der Waals surface area contributed by atoms with E-state index in [2.05, 4.69) is 15.3 Å². The first-order chi connectivity index (χ1) is 13.9. The van der Waals surface area contributed by atoms with Gasteiger partial charge in [-0.3, -0.25) is 15.1 Å². The molecule has 1 saturated heterocycles. The predicted octanol–water partition coefficient (Wildman–Crippen LogP) is 3.99. The first-order valence-corrected chi connectivity index (χ1v) is 10.4. The minimum Gasteiger partial charge on any atom is -0.463 e. The zero-order chi connectivity index (χ0) is 20.4. The molecular weight excluding hydrogens is 390 g/mol. The summed E-state index contributed by atoms with van der Waals surface area (Å²) >= 11 is 1.27. The molecule has 4 heterocycles. The number of anilines is 1. The fourth-order valence-corrected chi connectivity index (χ4v) is 4.60. The van der Waals surface area contributed by atoms with Gasteiger partial charge in [0.1, 0.15) is 11.3 Å². The number of nitrogens with one attached hydrogen (secondary N) is 1. The van der Waals surface area contributed by atoms with Crippen LogP contribution in [0.25, 0.3) is 11.5 Å². The minimum absolute atomic E-state index is 0.0373. The molecule has 1 aliphatic rings. The average Bonchev–Trinajstić information content (AvgIpc) is 3.39. The van der Waals surface area contributed by atoms with Crippen LogP contribution >= 0.6 is 11.3 Å². The van der Waals surface area contributed by atoms with E-state index in [1.807, 2.05) is 6.92 Å². The van der Waals surface area contributed by atoms with Crippen molar-refractivity contribution in [1.82, 2.24) is 9.97 Å². The molecule has 152 valence electrons. The number of aliphatic hydroxyl groups is 1. The molecule has 3 aromatic rings. The Morgan fingerprint density at radius 3 is 2.76 bits per heavy atom. The Morgan fingerprint density at radius 2 is 2.10 bits per heavy atom. The minimum atomic E-state index is -1.11. The number of nitrogens with zero attached hydrogens (tertiary/aromatic N) is 2. The van der Waals surface area contributed by atoms with Crippen LogP contribution in [0, 0.1) is 12.8 Å². The maximum atomic E-state index is 12.6. The van der Waals surface area contributed by atoms with E-state index in [9.17, 15) is 9.90 Å². The van der Waals surface area contributed by atoms with Gasteiger partial charge in [-0.2, -0.15) is 0 Å². The van der Waals surface area contributed by atoms with Crippen molar-refractivity contribution in [3.05, 3.63) is 52.9 Å². The number of hydrogen-bond donors (Lipinski definition) is 2. The summed E-state index contributed by atoms with van der Waals surface area (Å²) in [6.45, 7) is 4.92. The Balaban J connectivity index is 1.66. The van der Waals surface area contributed by atoms with Gasteiger partial charge in [0.05, 0.1) is 16.7 Å². The monoisotopic (exact) mass is 413 g/mol. The first-order valence-electron chi connectivity index (χ1n) is 9.54. The van der Waals surface area contributed by atoms with Crippen molar-refractivity contribution in [2.45, 2.75) is 32.3 Å². The van der Waals surface area contributed by atoms with E-state index in [1.54, 1.807) is 37.5 Å². The van der Waals surface area contributed by atoms with Gasteiger partial charge < -0.3 is 14.3 Å². The lowest BCUT2D eigenvalue weighted by Crippen LogP contribution is -2.35. The number of hydrogen-bond acceptors (Lipinski definition) is 7. The standard InChI is InChI=1S/C21H23N3O4S/c1-13-5-6-14(12-22-13)19(25)24-20-23-17(16-4-3-9-28-16)18(29-20)21(2,26)15-7-10-27-11-8-15/h3-6,9,12,15,26H,7-8,10-11H2,1-2H3,(H,23,24,25). The van der Waals surface area contributed by atoms with Crippen LogP contribution in [0.1, 0.15) is 40.7 Å². The van der Waals surface area contributed by atoms with E-state index in [-0.39, 0.29) is 11.8 Å². The van der Waals surface area contributed by atoms with E-state index in [0.29, 0.717) is 40.2 Å². The van der Waals surface area contributed by atoms with Gasteiger partial charge in [0.25, 0.3) is 5.91 Å². The number of thiazole rings is 1. The number of ether oxygens (including phenoxy) is 1. The van der Waals surface area contributed by atoms with Crippen molar-refractivity contribution in [3.63, 3.8) is 0 Å². The summed E-state index contributed by atoms with van der Waals surface area (Å²) in [7, 11) is 0. The molecule has 0 saturated carbocycles. The van der Waals surface area contributed by atoms with E-state index >= 15 is 0 Å². The van der Waals surface area contributed by atoms with Crippen LogP contribution in [0.5, 0.6) is 0 Å². The zero-order valence-electron chi connectivity index (χ0n) is 16.3. The molecule has 0 radical (unpaired) electrons. The topological polar surface area (TPSA) is 97.5 Å². The number of carbonyl (C=O) groups excluding carboxylic acids is 1. The number of pyridine rings is 1. The van der Waals surface area contributed by atoms with Gasteiger partial charge in [-0.05, 0) is 56.9 Å². The van der Waals surface area contributed by atoms with E-state index in [4.69, 9.17) is 9.15 Å². The second kappa shape index (κ2) is 8.06. The smallest absolute Gasteiger partial charge is 0.259 e. The van der Waals surface area contributed by atoms with E-state index in [1.165, 1.54) is 17.5 Å². The van der Waals surface area contributed by atoms with Gasteiger partial charge in [0.2, 0.25) is 0 Å². The Bertz CT molecular complexity index is 974. The molecule has 1 fully saturated rings. The molecule has 1 aliphatic heterocycles. The fraction of sp³-hybridized carbons (Fsp3) is 0.381. The molecular formula is C21H23N3O4S. The molecule has 7 nitrogen and oxygen atoms in total. The Morgan fingerprint density at radius 1 is 1.31 bits per heavy atom. The lowest BCUT2D eigenvalue weighted by atomic mass is 9.81. The van der Waals surface area contributed by atoms with Crippen LogP contribution in [0.3, 0.4) is 0 Å². The quantitative estimate of drug-likeness (QED) is 0.656. The van der Waals surface area contributed by atoms with Crippen molar-refractivity contribution in [1.29, 1.82) is 0 Å². The average molecular weight is 413 g/mol. The third-order valence-electron chi connectivity index (χ3n) is 5.25. The van der Waals surface area contributed by atoms with Gasteiger partial charge >= 0.3 is 0 Å². The molecule has 4 rings (SSSR count). The van der Waals surface area contributed by atoms with Crippen LogP contribution in [-0.4, -0.2) is 34.2 Å². The molecule has 1 amide bonds. The molecule has 0 aromatic carbocycles. The first kappa shape index (κ1) is 19.8. The lowest BCUT2D eigenvalue weighted by molar-refractivity contribution is -0.0555. The predicted molar refractivity (Wildman–Crippen MR) is 110 cm³/mol. The molecule has 3 aromatic heterocycles. The van der Waals surface area contributed by atoms with Crippen molar-refractivity contribution < 1.29 is 19.1 Å². The van der Waals surface area contributed by atoms with Crippen LogP contribution in [-0.2, 0) is 10.3 Å². The molecule has 8 heteroatoms. The highest BCUT2D eigenvalue weighted by Crippen LogP contribution is 2.44. The largest absolute Gasteiger partial charge is 0.463 e. The lowest BCUT2D eigenvalue weighted by Gasteiger charge is -2.35. The van der Waals surface area contributed by atoms with Gasteiger partial charge in [0, 0.05) is 25.1 Å². The highest BCUT2D eigenvalue weighted by atomic mass is 32.1. The number of amides is 1. The normalized spacial score (nSPS) is 17.1. The number of furan rings is 1. The van der Waals surface area contributed by atoms with Crippen LogP contribution in [0.2, 0.25) is 0 Å². The highest BCUT2D eigenvalue weighted by Gasteiger charge is 2.39. The molecule has 2 N–H and O–H groups in total. The summed E-state index contributed by atoms with van der Waals surface area (Å²) in [5, 5.41) is 14.7. The maximum Gasteiger partial charge on any atom is 0.259 e. The summed E-state index contributed by atoms with van der Waals surface area (Å²) in [4.78, 5) is 22.0. The van der Waals surface area contributed by atoms with Crippen molar-refractivity contribution in [3.8, 4) is 11.5 Å². The molecule has 0 bridgehead atoms. The second-order valence-electron chi connectivity index (χ2n) is 7.35. The Labute approximate surface area is 172 Å².